The van der Waals surface area contributed by atoms with Crippen LogP contribution in [0.4, 0.5) is 5.69 Å². The summed E-state index contributed by atoms with van der Waals surface area (Å²) in [6.45, 7) is 7.22. The topological polar surface area (TPSA) is 15.3 Å². The molecular formula is C18H21ClN2. The minimum Gasteiger partial charge on any atom is -0.367 e. The number of nitrogens with one attached hydrogen (secondary N) is 1. The first-order valence-corrected chi connectivity index (χ1v) is 7.78. The maximum absolute atomic E-state index is 6.41. The monoisotopic (exact) mass is 300 g/mol. The quantitative estimate of drug-likeness (QED) is 0.902. The molecule has 1 fully saturated rings. The van der Waals surface area contributed by atoms with Crippen LogP contribution in [0.1, 0.15) is 18.1 Å². The largest absolute Gasteiger partial charge is 0.367 e. The Morgan fingerprint density at radius 3 is 2.67 bits per heavy atom. The molecule has 0 spiro atoms. The summed E-state index contributed by atoms with van der Waals surface area (Å²) in [4.78, 5) is 2.39. The summed E-state index contributed by atoms with van der Waals surface area (Å²) >= 11 is 6.41. The van der Waals surface area contributed by atoms with E-state index >= 15 is 0 Å². The lowest BCUT2D eigenvalue weighted by atomic mass is 9.89. The zero-order chi connectivity index (χ0) is 14.9. The molecule has 0 amide bonds. The minimum absolute atomic E-state index is 0.0490. The number of nitrogens with zero attached hydrogens (tertiary/aromatic N) is 1. The lowest BCUT2D eigenvalue weighted by Gasteiger charge is -2.43. The molecule has 0 bridgehead atoms. The van der Waals surface area contributed by atoms with Crippen LogP contribution >= 0.6 is 11.6 Å². The van der Waals surface area contributed by atoms with Crippen molar-refractivity contribution in [2.45, 2.75) is 19.4 Å². The highest BCUT2D eigenvalue weighted by Gasteiger charge is 2.32. The fourth-order valence-corrected chi connectivity index (χ4v) is 3.29. The van der Waals surface area contributed by atoms with Crippen LogP contribution in [0.25, 0.3) is 0 Å². The van der Waals surface area contributed by atoms with Crippen LogP contribution in [0.15, 0.2) is 48.5 Å². The lowest BCUT2D eigenvalue weighted by molar-refractivity contribution is 0.332. The van der Waals surface area contributed by atoms with Gasteiger partial charge in [0.25, 0.3) is 0 Å². The average molecular weight is 301 g/mol. The van der Waals surface area contributed by atoms with Crippen molar-refractivity contribution >= 4 is 17.3 Å². The van der Waals surface area contributed by atoms with E-state index in [2.05, 4.69) is 66.5 Å². The first-order chi connectivity index (χ1) is 10.1. The smallest absolute Gasteiger partial charge is 0.0639 e. The molecule has 1 aliphatic rings. The van der Waals surface area contributed by atoms with Crippen LogP contribution in [-0.2, 0) is 5.54 Å². The predicted octanol–water partition coefficient (Wildman–Crippen LogP) is 3.97. The second kappa shape index (κ2) is 5.70. The van der Waals surface area contributed by atoms with Crippen molar-refractivity contribution in [3.63, 3.8) is 0 Å². The second-order valence-corrected chi connectivity index (χ2v) is 6.41. The minimum atomic E-state index is -0.0490. The summed E-state index contributed by atoms with van der Waals surface area (Å²) in [5, 5.41) is 4.49. The van der Waals surface area contributed by atoms with Crippen LogP contribution < -0.4 is 10.2 Å². The Labute approximate surface area is 131 Å². The number of aryl methyl sites for hydroxylation is 1. The molecular weight excluding hydrogens is 280 g/mol. The molecule has 21 heavy (non-hydrogen) atoms. The first kappa shape index (κ1) is 14.4. The Morgan fingerprint density at radius 2 is 1.90 bits per heavy atom. The van der Waals surface area contributed by atoms with E-state index in [1.54, 1.807) is 0 Å². The van der Waals surface area contributed by atoms with Crippen LogP contribution in [-0.4, -0.2) is 19.6 Å². The summed E-state index contributed by atoms with van der Waals surface area (Å²) in [7, 11) is 0. The molecule has 2 nitrogen and oxygen atoms in total. The van der Waals surface area contributed by atoms with Gasteiger partial charge in [-0.15, -0.1) is 0 Å². The van der Waals surface area contributed by atoms with E-state index in [0.29, 0.717) is 0 Å². The van der Waals surface area contributed by atoms with Gasteiger partial charge in [0.1, 0.15) is 0 Å². The van der Waals surface area contributed by atoms with E-state index in [1.807, 2.05) is 6.07 Å². The molecule has 0 saturated carbocycles. The molecule has 3 rings (SSSR count). The Morgan fingerprint density at radius 1 is 1.14 bits per heavy atom. The number of piperazine rings is 1. The van der Waals surface area contributed by atoms with Crippen molar-refractivity contribution in [1.29, 1.82) is 0 Å². The number of benzene rings is 2. The molecule has 2 aromatic carbocycles. The molecule has 1 aliphatic heterocycles. The Hall–Kier alpha value is -1.51. The van der Waals surface area contributed by atoms with Gasteiger partial charge in [0.15, 0.2) is 0 Å². The van der Waals surface area contributed by atoms with Crippen LogP contribution in [0, 0.1) is 6.92 Å². The van der Waals surface area contributed by atoms with Gasteiger partial charge in [0.2, 0.25) is 0 Å². The van der Waals surface area contributed by atoms with Crippen LogP contribution in [0.5, 0.6) is 0 Å². The molecule has 1 atom stereocenters. The number of hydrogen-bond acceptors (Lipinski definition) is 2. The number of rotatable bonds is 2. The standard InChI is InChI=1S/C18H21ClN2/c1-14-8-9-16(19)17(12-14)21-11-10-20-18(2,13-21)15-6-4-3-5-7-15/h3-9,12,20H,10-11,13H2,1-2H3. The Kier molecular flexibility index (Phi) is 3.92. The first-order valence-electron chi connectivity index (χ1n) is 7.40. The average Bonchev–Trinajstić information content (AvgIpc) is 2.51. The van der Waals surface area contributed by atoms with Crippen molar-refractivity contribution in [2.24, 2.45) is 0 Å². The SMILES string of the molecule is Cc1ccc(Cl)c(N2CCNC(C)(c3ccccc3)C2)c1. The normalized spacial score (nSPS) is 22.3. The van der Waals surface area contributed by atoms with Crippen molar-refractivity contribution in [2.75, 3.05) is 24.5 Å². The van der Waals surface area contributed by atoms with Gasteiger partial charge in [-0.1, -0.05) is 48.0 Å². The molecule has 0 aliphatic carbocycles. The Balaban J connectivity index is 1.91. The van der Waals surface area contributed by atoms with Gasteiger partial charge in [-0.2, -0.15) is 0 Å². The fraction of sp³-hybridized carbons (Fsp3) is 0.333. The van der Waals surface area contributed by atoms with Crippen LogP contribution in [0.3, 0.4) is 0 Å². The number of anilines is 1. The number of hydrogen-bond donors (Lipinski definition) is 1. The third-order valence-electron chi connectivity index (χ3n) is 4.26. The summed E-state index contributed by atoms with van der Waals surface area (Å²) in [6.07, 6.45) is 0. The van der Waals surface area contributed by atoms with Gasteiger partial charge in [-0.25, -0.2) is 0 Å². The van der Waals surface area contributed by atoms with Crippen molar-refractivity contribution in [1.82, 2.24) is 5.32 Å². The second-order valence-electron chi connectivity index (χ2n) is 6.00. The van der Waals surface area contributed by atoms with E-state index in [9.17, 15) is 0 Å². The van der Waals surface area contributed by atoms with Gasteiger partial charge < -0.3 is 10.2 Å². The highest BCUT2D eigenvalue weighted by Crippen LogP contribution is 2.32. The molecule has 0 aromatic heterocycles. The molecule has 1 unspecified atom stereocenters. The summed E-state index contributed by atoms with van der Waals surface area (Å²) in [5.74, 6) is 0. The molecule has 3 heteroatoms. The highest BCUT2D eigenvalue weighted by molar-refractivity contribution is 6.33. The van der Waals surface area contributed by atoms with Crippen molar-refractivity contribution in [3.05, 3.63) is 64.7 Å². The molecule has 0 radical (unpaired) electrons. The summed E-state index contributed by atoms with van der Waals surface area (Å²) in [5.41, 5.74) is 3.65. The van der Waals surface area contributed by atoms with Crippen molar-refractivity contribution < 1.29 is 0 Å². The van der Waals surface area contributed by atoms with Crippen LogP contribution in [0.2, 0.25) is 5.02 Å². The van der Waals surface area contributed by atoms with E-state index < -0.39 is 0 Å². The van der Waals surface area contributed by atoms with E-state index in [-0.39, 0.29) is 5.54 Å². The van der Waals surface area contributed by atoms with E-state index in [0.717, 1.165) is 30.3 Å². The molecule has 110 valence electrons. The molecule has 2 aromatic rings. The van der Waals surface area contributed by atoms with Gasteiger partial charge in [0, 0.05) is 19.6 Å². The fourth-order valence-electron chi connectivity index (χ4n) is 3.05. The zero-order valence-electron chi connectivity index (χ0n) is 12.6. The maximum Gasteiger partial charge on any atom is 0.0639 e. The van der Waals surface area contributed by atoms with Gasteiger partial charge in [-0.3, -0.25) is 0 Å². The molecule has 1 saturated heterocycles. The molecule has 1 heterocycles. The summed E-state index contributed by atoms with van der Waals surface area (Å²) in [6, 6.07) is 16.9. The van der Waals surface area contributed by atoms with E-state index in [4.69, 9.17) is 11.6 Å². The lowest BCUT2D eigenvalue weighted by Crippen LogP contribution is -2.56. The summed E-state index contributed by atoms with van der Waals surface area (Å²) < 4.78 is 0. The number of halogens is 1. The maximum atomic E-state index is 6.41. The highest BCUT2D eigenvalue weighted by atomic mass is 35.5. The Bertz CT molecular complexity index is 626. The third-order valence-corrected chi connectivity index (χ3v) is 4.58. The predicted molar refractivity (Wildman–Crippen MR) is 90.2 cm³/mol. The zero-order valence-corrected chi connectivity index (χ0v) is 13.3. The molecule has 1 N–H and O–H groups in total. The van der Waals surface area contributed by atoms with E-state index in [1.165, 1.54) is 11.1 Å². The van der Waals surface area contributed by atoms with Gasteiger partial charge >= 0.3 is 0 Å². The third kappa shape index (κ3) is 2.92. The van der Waals surface area contributed by atoms with Crippen molar-refractivity contribution in [3.8, 4) is 0 Å². The van der Waals surface area contributed by atoms with Gasteiger partial charge in [-0.05, 0) is 37.1 Å². The van der Waals surface area contributed by atoms with Gasteiger partial charge in [0.05, 0.1) is 16.2 Å².